The maximum Gasteiger partial charge on any atom is 0.176 e. The Kier molecular flexibility index (Phi) is 2.07. The van der Waals surface area contributed by atoms with Crippen LogP contribution in [0, 0.1) is 0 Å². The third-order valence-corrected chi connectivity index (χ3v) is 2.78. The lowest BCUT2D eigenvalue weighted by Crippen LogP contribution is -1.96. The maximum atomic E-state index is 5.36. The second kappa shape index (κ2) is 3.55. The van der Waals surface area contributed by atoms with Gasteiger partial charge in [-0.05, 0) is 23.8 Å². The zero-order valence-electron chi connectivity index (χ0n) is 8.40. The molecule has 2 heteroatoms. The number of fused-ring (bicyclic) bond motifs is 3. The molecule has 3 rings (SSSR count). The molecule has 0 unspecified atom stereocenters. The van der Waals surface area contributed by atoms with E-state index in [1.165, 1.54) is 10.9 Å². The molecule has 1 heterocycles. The average molecular weight is 200 g/mol. The van der Waals surface area contributed by atoms with E-state index in [-0.39, 0.29) is 0 Å². The molecule has 15 heavy (non-hydrogen) atoms. The van der Waals surface area contributed by atoms with E-state index < -0.39 is 0 Å². The van der Waals surface area contributed by atoms with E-state index in [1.54, 1.807) is 0 Å². The van der Waals surface area contributed by atoms with Gasteiger partial charge < -0.3 is 4.89 Å². The highest BCUT2D eigenvalue weighted by Crippen LogP contribution is 2.32. The van der Waals surface area contributed by atoms with Crippen LogP contribution in [0.4, 0.5) is 0 Å². The van der Waals surface area contributed by atoms with Gasteiger partial charge in [-0.3, -0.25) is 0 Å². The quantitative estimate of drug-likeness (QED) is 0.608. The smallest absolute Gasteiger partial charge is 0.176 e. The van der Waals surface area contributed by atoms with Crippen molar-refractivity contribution in [2.24, 2.45) is 0 Å². The zero-order valence-corrected chi connectivity index (χ0v) is 8.40. The third kappa shape index (κ3) is 1.47. The zero-order chi connectivity index (χ0) is 10.1. The molecule has 2 aromatic carbocycles. The Morgan fingerprint density at radius 2 is 1.93 bits per heavy atom. The Morgan fingerprint density at radius 3 is 2.93 bits per heavy atom. The first-order valence-electron chi connectivity index (χ1n) is 5.25. The van der Waals surface area contributed by atoms with Gasteiger partial charge >= 0.3 is 0 Å². The minimum absolute atomic E-state index is 0.670. The molecule has 0 saturated heterocycles. The average Bonchev–Trinajstić information content (AvgIpc) is 2.54. The summed E-state index contributed by atoms with van der Waals surface area (Å²) < 4.78 is 0. The predicted molar refractivity (Wildman–Crippen MR) is 58.8 cm³/mol. The molecular formula is C13H12O2. The van der Waals surface area contributed by atoms with E-state index >= 15 is 0 Å². The molecule has 1 aliphatic rings. The van der Waals surface area contributed by atoms with Crippen LogP contribution in [0.5, 0.6) is 5.75 Å². The molecule has 0 saturated carbocycles. The van der Waals surface area contributed by atoms with E-state index in [0.29, 0.717) is 6.61 Å². The van der Waals surface area contributed by atoms with Crippen LogP contribution in [-0.2, 0) is 11.3 Å². The lowest BCUT2D eigenvalue weighted by Gasteiger charge is -2.08. The van der Waals surface area contributed by atoms with Gasteiger partial charge in [-0.25, -0.2) is 0 Å². The van der Waals surface area contributed by atoms with Crippen LogP contribution in [0.1, 0.15) is 12.0 Å². The molecule has 0 amide bonds. The van der Waals surface area contributed by atoms with Gasteiger partial charge in [-0.15, -0.1) is 0 Å². The summed E-state index contributed by atoms with van der Waals surface area (Å²) in [6, 6.07) is 12.5. The minimum atomic E-state index is 0.670. The van der Waals surface area contributed by atoms with Crippen LogP contribution < -0.4 is 4.89 Å². The molecule has 0 atom stereocenters. The monoisotopic (exact) mass is 200 g/mol. The van der Waals surface area contributed by atoms with Crippen molar-refractivity contribution < 1.29 is 9.78 Å². The van der Waals surface area contributed by atoms with E-state index in [4.69, 9.17) is 9.78 Å². The van der Waals surface area contributed by atoms with Crippen molar-refractivity contribution in [1.29, 1.82) is 0 Å². The summed E-state index contributed by atoms with van der Waals surface area (Å²) in [6.07, 6.45) is 2.05. The summed E-state index contributed by atoms with van der Waals surface area (Å²) in [5, 5.41) is 2.33. The summed E-state index contributed by atoms with van der Waals surface area (Å²) in [6.45, 7) is 0.670. The lowest BCUT2D eigenvalue weighted by molar-refractivity contribution is -0.202. The van der Waals surface area contributed by atoms with Gasteiger partial charge in [-0.1, -0.05) is 36.4 Å². The van der Waals surface area contributed by atoms with Gasteiger partial charge in [-0.2, -0.15) is 4.89 Å². The molecule has 0 spiro atoms. The number of rotatable bonds is 0. The molecular weight excluding hydrogens is 188 g/mol. The lowest BCUT2D eigenvalue weighted by atomic mass is 10.0. The van der Waals surface area contributed by atoms with Crippen molar-refractivity contribution >= 4 is 10.8 Å². The van der Waals surface area contributed by atoms with E-state index in [0.717, 1.165) is 24.0 Å². The predicted octanol–water partition coefficient (Wildman–Crippen LogP) is 3.10. The third-order valence-electron chi connectivity index (χ3n) is 2.78. The van der Waals surface area contributed by atoms with E-state index in [9.17, 15) is 0 Å². The Balaban J connectivity index is 2.27. The van der Waals surface area contributed by atoms with Crippen LogP contribution in [-0.4, -0.2) is 6.61 Å². The molecule has 0 N–H and O–H groups in total. The molecule has 0 fully saturated rings. The molecule has 0 aromatic heterocycles. The van der Waals surface area contributed by atoms with Gasteiger partial charge in [0.15, 0.2) is 5.75 Å². The van der Waals surface area contributed by atoms with Gasteiger partial charge in [0.25, 0.3) is 0 Å². The van der Waals surface area contributed by atoms with Crippen LogP contribution >= 0.6 is 0 Å². The second-order valence-electron chi connectivity index (χ2n) is 3.78. The molecule has 2 nitrogen and oxygen atoms in total. The van der Waals surface area contributed by atoms with Gasteiger partial charge in [0.2, 0.25) is 0 Å². The molecule has 1 aliphatic heterocycles. The molecule has 0 aliphatic carbocycles. The van der Waals surface area contributed by atoms with Crippen molar-refractivity contribution in [2.45, 2.75) is 12.8 Å². The highest BCUT2D eigenvalue weighted by atomic mass is 17.2. The summed E-state index contributed by atoms with van der Waals surface area (Å²) in [5.41, 5.74) is 1.24. The summed E-state index contributed by atoms with van der Waals surface area (Å²) in [5.74, 6) is 0.894. The molecule has 0 radical (unpaired) electrons. The summed E-state index contributed by atoms with van der Waals surface area (Å²) in [7, 11) is 0. The fourth-order valence-electron chi connectivity index (χ4n) is 2.01. The maximum absolute atomic E-state index is 5.36. The van der Waals surface area contributed by atoms with Gasteiger partial charge in [0.1, 0.15) is 0 Å². The van der Waals surface area contributed by atoms with E-state index in [2.05, 4.69) is 24.3 Å². The Labute approximate surface area is 88.4 Å². The van der Waals surface area contributed by atoms with E-state index in [1.807, 2.05) is 12.1 Å². The molecule has 2 aromatic rings. The molecule has 76 valence electrons. The fourth-order valence-corrected chi connectivity index (χ4v) is 2.01. The van der Waals surface area contributed by atoms with Crippen LogP contribution in [0.2, 0.25) is 0 Å². The van der Waals surface area contributed by atoms with Crippen LogP contribution in [0.3, 0.4) is 0 Å². The van der Waals surface area contributed by atoms with Crippen molar-refractivity contribution in [3.8, 4) is 5.75 Å². The normalized spacial score (nSPS) is 15.5. The first kappa shape index (κ1) is 8.74. The first-order chi connectivity index (χ1) is 7.45. The van der Waals surface area contributed by atoms with Crippen molar-refractivity contribution in [3.63, 3.8) is 0 Å². The van der Waals surface area contributed by atoms with Gasteiger partial charge in [0.05, 0.1) is 6.61 Å². The van der Waals surface area contributed by atoms with Crippen molar-refractivity contribution in [2.75, 3.05) is 6.61 Å². The Morgan fingerprint density at radius 1 is 1.00 bits per heavy atom. The van der Waals surface area contributed by atoms with Crippen LogP contribution in [0.15, 0.2) is 36.4 Å². The first-order valence-corrected chi connectivity index (χ1v) is 5.25. The standard InChI is InChI=1S/C13H12O2/c1-2-6-12-10(4-1)7-8-11-5-3-9-14-15-13(11)12/h1-2,4,6-8H,3,5,9H2. The topological polar surface area (TPSA) is 18.5 Å². The largest absolute Gasteiger partial charge is 0.337 e. The van der Waals surface area contributed by atoms with Gasteiger partial charge in [0, 0.05) is 5.39 Å². The molecule has 0 bridgehead atoms. The highest BCUT2D eigenvalue weighted by Gasteiger charge is 2.12. The Bertz CT molecular complexity index is 491. The minimum Gasteiger partial charge on any atom is -0.337 e. The van der Waals surface area contributed by atoms with Crippen molar-refractivity contribution in [3.05, 3.63) is 42.0 Å². The summed E-state index contributed by atoms with van der Waals surface area (Å²) >= 11 is 0. The summed E-state index contributed by atoms with van der Waals surface area (Å²) in [4.78, 5) is 10.5. The Hall–Kier alpha value is -1.54. The number of hydrogen-bond donors (Lipinski definition) is 0. The number of aryl methyl sites for hydroxylation is 1. The highest BCUT2D eigenvalue weighted by molar-refractivity contribution is 5.89. The fraction of sp³-hybridized carbons (Fsp3) is 0.231. The second-order valence-corrected chi connectivity index (χ2v) is 3.78. The van der Waals surface area contributed by atoms with Crippen LogP contribution in [0.25, 0.3) is 10.8 Å². The SMILES string of the molecule is c1ccc2c3c(ccc2c1)CCCOO3. The number of hydrogen-bond acceptors (Lipinski definition) is 2. The van der Waals surface area contributed by atoms with Crippen molar-refractivity contribution in [1.82, 2.24) is 0 Å². The number of benzene rings is 2.